The van der Waals surface area contributed by atoms with Gasteiger partial charge in [0.25, 0.3) is 0 Å². The maximum Gasteiger partial charge on any atom is 0.329 e. The lowest BCUT2D eigenvalue weighted by atomic mass is 10.0. The third-order valence-electron chi connectivity index (χ3n) is 6.68. The molecule has 1 aliphatic rings. The number of thioether (sulfide) groups is 1. The number of hydrogen-bond acceptors (Lipinski definition) is 7. The first kappa shape index (κ1) is 27.9. The first-order valence-corrected chi connectivity index (χ1v) is 14.3. The van der Waals surface area contributed by atoms with Crippen LogP contribution in [0.2, 0.25) is 5.02 Å². The first-order valence-electron chi connectivity index (χ1n) is 12.9. The van der Waals surface area contributed by atoms with Crippen molar-refractivity contribution in [2.75, 3.05) is 12.4 Å². The summed E-state index contributed by atoms with van der Waals surface area (Å²) in [5.41, 5.74) is 5.58. The number of halogens is 2. The molecule has 1 aliphatic carbocycles. The number of esters is 1. The maximum absolute atomic E-state index is 13.8. The Bertz CT molecular complexity index is 1550. The topological polar surface area (TPSA) is 90.4 Å². The molecule has 7 nitrogen and oxygen atoms in total. The van der Waals surface area contributed by atoms with Crippen LogP contribution in [0.1, 0.15) is 40.3 Å². The molecule has 1 amide bonds. The van der Waals surface area contributed by atoms with E-state index >= 15 is 0 Å². The second-order valence-electron chi connectivity index (χ2n) is 9.25. The Balaban J connectivity index is 1.40. The van der Waals surface area contributed by atoms with Crippen LogP contribution < -0.4 is 10.1 Å². The summed E-state index contributed by atoms with van der Waals surface area (Å²) in [5.74, 6) is 0.0466. The molecule has 1 N–H and O–H groups in total. The molecule has 5 rings (SSSR count). The smallest absolute Gasteiger partial charge is 0.329 e. The van der Waals surface area contributed by atoms with Crippen LogP contribution in [0.25, 0.3) is 10.9 Å². The van der Waals surface area contributed by atoms with E-state index in [1.807, 2.05) is 18.2 Å². The number of amides is 1. The number of pyridine rings is 2. The number of hydrogen-bond donors (Lipinski definition) is 1. The van der Waals surface area contributed by atoms with Gasteiger partial charge in [-0.3, -0.25) is 9.78 Å². The van der Waals surface area contributed by atoms with Gasteiger partial charge in [0, 0.05) is 23.0 Å². The van der Waals surface area contributed by atoms with Crippen molar-refractivity contribution in [2.45, 2.75) is 37.7 Å². The summed E-state index contributed by atoms with van der Waals surface area (Å²) >= 11 is 7.49. The van der Waals surface area contributed by atoms with Gasteiger partial charge >= 0.3 is 5.97 Å². The highest BCUT2D eigenvalue weighted by atomic mass is 35.5. The highest BCUT2D eigenvalue weighted by molar-refractivity contribution is 7.99. The van der Waals surface area contributed by atoms with Crippen LogP contribution in [0.15, 0.2) is 60.8 Å². The lowest BCUT2D eigenvalue weighted by Crippen LogP contribution is -2.39. The number of carbonyl (C=O) groups excluding carboxylic acids is 2. The Morgan fingerprint density at radius 1 is 1.20 bits per heavy atom. The van der Waals surface area contributed by atoms with Crippen LogP contribution in [-0.2, 0) is 33.8 Å². The van der Waals surface area contributed by atoms with Crippen molar-refractivity contribution in [1.29, 1.82) is 0 Å². The van der Waals surface area contributed by atoms with Crippen LogP contribution in [0, 0.1) is 5.82 Å². The minimum absolute atomic E-state index is 0.0238. The van der Waals surface area contributed by atoms with Gasteiger partial charge < -0.3 is 14.8 Å². The minimum Gasteiger partial charge on any atom is -0.487 e. The van der Waals surface area contributed by atoms with Gasteiger partial charge in [0.05, 0.1) is 28.1 Å². The molecule has 0 fully saturated rings. The number of aromatic nitrogens is 2. The SMILES string of the molecule is CCOC(=O)[C@H](CSC1c2cc(OCc3ccc4cc(F)c(Cl)cc4n3)ccc2CCc2ncccc21)NC=O. The molecule has 10 heteroatoms. The van der Waals surface area contributed by atoms with Crippen LogP contribution in [0.5, 0.6) is 5.75 Å². The van der Waals surface area contributed by atoms with Crippen molar-refractivity contribution < 1.29 is 23.5 Å². The van der Waals surface area contributed by atoms with E-state index in [9.17, 15) is 14.0 Å². The number of carbonyl (C=O) groups is 2. The molecule has 2 atom stereocenters. The molecule has 0 saturated heterocycles. The fraction of sp³-hybridized carbons (Fsp3) is 0.267. The van der Waals surface area contributed by atoms with E-state index < -0.39 is 17.8 Å². The van der Waals surface area contributed by atoms with Gasteiger partial charge in [-0.05, 0) is 72.9 Å². The molecule has 0 spiro atoms. The highest BCUT2D eigenvalue weighted by Gasteiger charge is 2.28. The van der Waals surface area contributed by atoms with Crippen LogP contribution >= 0.6 is 23.4 Å². The quantitative estimate of drug-likeness (QED) is 0.193. The summed E-state index contributed by atoms with van der Waals surface area (Å²) in [7, 11) is 0. The molecule has 2 aromatic heterocycles. The van der Waals surface area contributed by atoms with Gasteiger partial charge in [-0.1, -0.05) is 29.8 Å². The summed E-state index contributed by atoms with van der Waals surface area (Å²) in [5, 5.41) is 3.14. The average Bonchev–Trinajstić information content (AvgIpc) is 3.11. The largest absolute Gasteiger partial charge is 0.487 e. The van der Waals surface area contributed by atoms with Crippen molar-refractivity contribution in [1.82, 2.24) is 15.3 Å². The number of nitrogens with zero attached hydrogens (tertiary/aromatic N) is 2. The van der Waals surface area contributed by atoms with Crippen LogP contribution in [0.3, 0.4) is 0 Å². The normalized spacial score (nSPS) is 14.9. The van der Waals surface area contributed by atoms with E-state index in [1.165, 1.54) is 17.7 Å². The van der Waals surface area contributed by atoms with Crippen molar-refractivity contribution in [2.24, 2.45) is 0 Å². The summed E-state index contributed by atoms with van der Waals surface area (Å²) in [6, 6.07) is 15.7. The first-order chi connectivity index (χ1) is 19.5. The third kappa shape index (κ3) is 6.21. The fourth-order valence-electron chi connectivity index (χ4n) is 4.73. The molecular formula is C30H27ClFN3O4S. The van der Waals surface area contributed by atoms with Crippen molar-refractivity contribution in [3.8, 4) is 5.75 Å². The molecular weight excluding hydrogens is 553 g/mol. The Morgan fingerprint density at radius 3 is 2.90 bits per heavy atom. The number of rotatable bonds is 10. The van der Waals surface area contributed by atoms with E-state index in [2.05, 4.69) is 27.4 Å². The average molecular weight is 580 g/mol. The number of aryl methyl sites for hydroxylation is 2. The number of nitrogens with one attached hydrogen (secondary N) is 1. The number of benzene rings is 2. The molecule has 1 unspecified atom stereocenters. The zero-order chi connectivity index (χ0) is 28.1. The van der Waals surface area contributed by atoms with Crippen LogP contribution in [0.4, 0.5) is 4.39 Å². The van der Waals surface area contributed by atoms with Gasteiger partial charge in [0.15, 0.2) is 0 Å². The Morgan fingerprint density at radius 2 is 2.08 bits per heavy atom. The summed E-state index contributed by atoms with van der Waals surface area (Å²) < 4.78 is 25.1. The van der Waals surface area contributed by atoms with Crippen molar-refractivity contribution >= 4 is 46.6 Å². The zero-order valence-corrected chi connectivity index (χ0v) is 23.3. The predicted molar refractivity (Wildman–Crippen MR) is 153 cm³/mol. The lowest BCUT2D eigenvalue weighted by molar-refractivity contribution is -0.145. The summed E-state index contributed by atoms with van der Waals surface area (Å²) in [6.45, 7) is 2.18. The van der Waals surface area contributed by atoms with E-state index in [-0.39, 0.29) is 23.5 Å². The third-order valence-corrected chi connectivity index (χ3v) is 8.34. The molecule has 0 saturated carbocycles. The lowest BCUT2D eigenvalue weighted by Gasteiger charge is -2.23. The maximum atomic E-state index is 13.8. The fourth-order valence-corrected chi connectivity index (χ4v) is 6.30. The molecule has 0 bridgehead atoms. The molecule has 2 aromatic carbocycles. The second kappa shape index (κ2) is 12.7. The van der Waals surface area contributed by atoms with Crippen molar-refractivity contribution in [3.05, 3.63) is 99.7 Å². The monoisotopic (exact) mass is 579 g/mol. The van der Waals surface area contributed by atoms with Gasteiger partial charge in [-0.15, -0.1) is 11.8 Å². The molecule has 2 heterocycles. The van der Waals surface area contributed by atoms with Gasteiger partial charge in [-0.2, -0.15) is 0 Å². The van der Waals surface area contributed by atoms with Crippen LogP contribution in [-0.4, -0.2) is 40.7 Å². The van der Waals surface area contributed by atoms with E-state index in [0.717, 1.165) is 29.7 Å². The Hall–Kier alpha value is -3.69. The zero-order valence-electron chi connectivity index (χ0n) is 21.7. The van der Waals surface area contributed by atoms with E-state index in [0.29, 0.717) is 34.5 Å². The van der Waals surface area contributed by atoms with E-state index in [4.69, 9.17) is 21.1 Å². The predicted octanol–water partition coefficient (Wildman–Crippen LogP) is 5.60. The van der Waals surface area contributed by atoms with E-state index in [1.54, 1.807) is 37.0 Å². The minimum atomic E-state index is -0.769. The van der Waals surface area contributed by atoms with Crippen molar-refractivity contribution in [3.63, 3.8) is 0 Å². The number of fused-ring (bicyclic) bond motifs is 3. The number of ether oxygens (including phenoxy) is 2. The molecule has 0 radical (unpaired) electrons. The van der Waals surface area contributed by atoms with Gasteiger partial charge in [-0.25, -0.2) is 14.2 Å². The molecule has 4 aromatic rings. The molecule has 0 aliphatic heterocycles. The Labute approximate surface area is 240 Å². The van der Waals surface area contributed by atoms with Gasteiger partial charge in [0.1, 0.15) is 24.2 Å². The van der Waals surface area contributed by atoms with Gasteiger partial charge in [0.2, 0.25) is 6.41 Å². The Kier molecular flexibility index (Phi) is 8.81. The summed E-state index contributed by atoms with van der Waals surface area (Å²) in [6.07, 6.45) is 3.92. The molecule has 40 heavy (non-hydrogen) atoms. The standard InChI is InChI=1S/C30H27ClFN3O4S/c1-2-38-30(37)28(34-17-36)16-40-29-22-4-3-11-33-26(22)10-7-18-6-9-21(13-23(18)29)39-15-20-8-5-19-12-25(32)24(31)14-27(19)35-20/h3-6,8-9,11-14,17,28-29H,2,7,10,15-16H2,1H3,(H,34,36)/t28-,29?/m0/s1. The second-order valence-corrected chi connectivity index (χ2v) is 10.8. The summed E-state index contributed by atoms with van der Waals surface area (Å²) in [4.78, 5) is 32.8. The highest BCUT2D eigenvalue weighted by Crippen LogP contribution is 2.43. The molecule has 206 valence electrons.